The van der Waals surface area contributed by atoms with Gasteiger partial charge in [0, 0.05) is 18.7 Å². The Kier molecular flexibility index (Phi) is 5.26. The van der Waals surface area contributed by atoms with Gasteiger partial charge in [-0.05, 0) is 65.6 Å². The van der Waals surface area contributed by atoms with E-state index < -0.39 is 0 Å². The first-order valence-electron chi connectivity index (χ1n) is 7.34. The van der Waals surface area contributed by atoms with Gasteiger partial charge in [0.25, 0.3) is 0 Å². The monoisotopic (exact) mass is 240 g/mol. The summed E-state index contributed by atoms with van der Waals surface area (Å²) in [6.45, 7) is 8.87. The molecule has 1 N–H and O–H groups in total. The van der Waals surface area contributed by atoms with Gasteiger partial charge in [0.1, 0.15) is 0 Å². The highest BCUT2D eigenvalue weighted by molar-refractivity contribution is 4.89. The van der Waals surface area contributed by atoms with Gasteiger partial charge in [0.05, 0.1) is 6.10 Å². The van der Waals surface area contributed by atoms with Gasteiger partial charge in [0.15, 0.2) is 0 Å². The van der Waals surface area contributed by atoms with Crippen LogP contribution in [-0.4, -0.2) is 49.3 Å². The van der Waals surface area contributed by atoms with Crippen molar-refractivity contribution in [2.75, 3.05) is 26.2 Å². The average molecular weight is 240 g/mol. The predicted octanol–water partition coefficient (Wildman–Crippen LogP) is 2.02. The number of nitrogens with zero attached hydrogens (tertiary/aromatic N) is 1. The van der Waals surface area contributed by atoms with Crippen LogP contribution in [0.15, 0.2) is 0 Å². The summed E-state index contributed by atoms with van der Waals surface area (Å²) in [6.07, 6.45) is 7.06. The van der Waals surface area contributed by atoms with Crippen LogP contribution in [0.25, 0.3) is 0 Å². The van der Waals surface area contributed by atoms with Crippen LogP contribution in [0.4, 0.5) is 0 Å². The van der Waals surface area contributed by atoms with Crippen molar-refractivity contribution in [2.45, 2.75) is 64.1 Å². The number of hydrogen-bond donors (Lipinski definition) is 1. The molecule has 0 aromatic rings. The fraction of sp³-hybridized carbons (Fsp3) is 1.00. The van der Waals surface area contributed by atoms with E-state index in [9.17, 15) is 0 Å². The van der Waals surface area contributed by atoms with Crippen LogP contribution in [0.5, 0.6) is 0 Å². The van der Waals surface area contributed by atoms with Crippen molar-refractivity contribution in [3.8, 4) is 0 Å². The smallest absolute Gasteiger partial charge is 0.0518 e. The summed E-state index contributed by atoms with van der Waals surface area (Å²) in [4.78, 5) is 2.68. The molecule has 3 heteroatoms. The lowest BCUT2D eigenvalue weighted by Crippen LogP contribution is -2.45. The summed E-state index contributed by atoms with van der Waals surface area (Å²) >= 11 is 0. The highest BCUT2D eigenvalue weighted by Crippen LogP contribution is 2.26. The zero-order valence-corrected chi connectivity index (χ0v) is 11.5. The Bertz CT molecular complexity index is 220. The molecule has 0 amide bonds. The molecule has 2 aliphatic heterocycles. The summed E-state index contributed by atoms with van der Waals surface area (Å²) in [6, 6.07) is 1.64. The Morgan fingerprint density at radius 2 is 2.18 bits per heavy atom. The molecule has 0 aliphatic carbocycles. The lowest BCUT2D eigenvalue weighted by molar-refractivity contribution is 0.0758. The fourth-order valence-electron chi connectivity index (χ4n) is 3.11. The molecule has 2 heterocycles. The molecule has 2 rings (SSSR count). The second kappa shape index (κ2) is 6.72. The van der Waals surface area contributed by atoms with E-state index in [-0.39, 0.29) is 0 Å². The van der Waals surface area contributed by atoms with E-state index >= 15 is 0 Å². The predicted molar refractivity (Wildman–Crippen MR) is 71.3 cm³/mol. The molecule has 3 nitrogen and oxygen atoms in total. The van der Waals surface area contributed by atoms with Crippen LogP contribution in [-0.2, 0) is 4.74 Å². The van der Waals surface area contributed by atoms with Gasteiger partial charge in [-0.1, -0.05) is 0 Å². The maximum Gasteiger partial charge on any atom is 0.0518 e. The molecule has 0 aromatic heterocycles. The number of nitrogens with one attached hydrogen (secondary N) is 1. The van der Waals surface area contributed by atoms with E-state index in [1.807, 2.05) is 0 Å². The summed E-state index contributed by atoms with van der Waals surface area (Å²) in [5, 5.41) is 3.70. The zero-order chi connectivity index (χ0) is 12.1. The second-order valence-corrected chi connectivity index (χ2v) is 5.78. The molecule has 2 saturated heterocycles. The largest absolute Gasteiger partial charge is 0.379 e. The normalized spacial score (nSPS) is 29.8. The van der Waals surface area contributed by atoms with E-state index in [0.717, 1.165) is 31.7 Å². The average Bonchev–Trinajstić information content (AvgIpc) is 2.75. The molecule has 0 aromatic carbocycles. The Balaban J connectivity index is 1.54. The van der Waals surface area contributed by atoms with Crippen molar-refractivity contribution in [1.82, 2.24) is 10.2 Å². The second-order valence-electron chi connectivity index (χ2n) is 5.78. The maximum absolute atomic E-state index is 5.55. The molecule has 17 heavy (non-hydrogen) atoms. The van der Waals surface area contributed by atoms with Crippen LogP contribution in [0.1, 0.15) is 46.0 Å². The Hall–Kier alpha value is -0.120. The first-order valence-corrected chi connectivity index (χ1v) is 7.34. The molecular formula is C14H28N2O. The minimum atomic E-state index is 0.372. The van der Waals surface area contributed by atoms with E-state index in [4.69, 9.17) is 4.74 Å². The Morgan fingerprint density at radius 3 is 3.00 bits per heavy atom. The highest BCUT2D eigenvalue weighted by atomic mass is 16.5. The van der Waals surface area contributed by atoms with Gasteiger partial charge in [-0.3, -0.25) is 0 Å². The van der Waals surface area contributed by atoms with Crippen molar-refractivity contribution in [3.63, 3.8) is 0 Å². The lowest BCUT2D eigenvalue weighted by Gasteiger charge is -2.35. The summed E-state index contributed by atoms with van der Waals surface area (Å²) in [7, 11) is 0. The minimum absolute atomic E-state index is 0.372. The van der Waals surface area contributed by atoms with Crippen LogP contribution in [0.3, 0.4) is 0 Å². The van der Waals surface area contributed by atoms with Gasteiger partial charge < -0.3 is 15.0 Å². The highest BCUT2D eigenvalue weighted by Gasteiger charge is 2.31. The van der Waals surface area contributed by atoms with E-state index in [2.05, 4.69) is 24.1 Å². The van der Waals surface area contributed by atoms with Crippen LogP contribution < -0.4 is 5.32 Å². The first-order chi connectivity index (χ1) is 8.25. The summed E-state index contributed by atoms with van der Waals surface area (Å²) in [5.74, 6) is 0. The van der Waals surface area contributed by atoms with Crippen LogP contribution in [0.2, 0.25) is 0 Å². The molecule has 0 radical (unpaired) electrons. The third-order valence-corrected chi connectivity index (χ3v) is 4.03. The van der Waals surface area contributed by atoms with Crippen molar-refractivity contribution in [2.24, 2.45) is 0 Å². The Labute approximate surface area is 106 Å². The SMILES string of the molecule is CC(C)OCCCNC1CCN2CCCC2C1. The number of fused-ring (bicyclic) bond motifs is 1. The number of rotatable bonds is 6. The quantitative estimate of drug-likeness (QED) is 0.719. The topological polar surface area (TPSA) is 24.5 Å². The fourth-order valence-corrected chi connectivity index (χ4v) is 3.11. The van der Waals surface area contributed by atoms with E-state index in [1.165, 1.54) is 38.8 Å². The van der Waals surface area contributed by atoms with Crippen LogP contribution >= 0.6 is 0 Å². The summed E-state index contributed by atoms with van der Waals surface area (Å²) < 4.78 is 5.55. The molecule has 100 valence electrons. The van der Waals surface area contributed by atoms with Crippen molar-refractivity contribution < 1.29 is 4.74 Å². The first kappa shape index (κ1) is 13.3. The third-order valence-electron chi connectivity index (χ3n) is 4.03. The zero-order valence-electron chi connectivity index (χ0n) is 11.5. The number of hydrogen-bond acceptors (Lipinski definition) is 3. The number of ether oxygens (including phenoxy) is 1. The molecule has 0 bridgehead atoms. The standard InChI is InChI=1S/C14H28N2O/c1-12(2)17-10-4-7-15-13-6-9-16-8-3-5-14(16)11-13/h12-15H,3-11H2,1-2H3. The minimum Gasteiger partial charge on any atom is -0.379 e. The van der Waals surface area contributed by atoms with Crippen molar-refractivity contribution >= 4 is 0 Å². The maximum atomic E-state index is 5.55. The van der Waals surface area contributed by atoms with Gasteiger partial charge in [-0.25, -0.2) is 0 Å². The third kappa shape index (κ3) is 4.23. The molecule has 2 atom stereocenters. The van der Waals surface area contributed by atoms with Crippen LogP contribution in [0, 0.1) is 0 Å². The molecular weight excluding hydrogens is 212 g/mol. The Morgan fingerprint density at radius 1 is 1.29 bits per heavy atom. The number of piperidine rings is 1. The van der Waals surface area contributed by atoms with Gasteiger partial charge >= 0.3 is 0 Å². The van der Waals surface area contributed by atoms with E-state index in [0.29, 0.717) is 6.10 Å². The van der Waals surface area contributed by atoms with E-state index in [1.54, 1.807) is 0 Å². The molecule has 2 unspecified atom stereocenters. The molecule has 2 fully saturated rings. The molecule has 0 spiro atoms. The van der Waals surface area contributed by atoms with Gasteiger partial charge in [0.2, 0.25) is 0 Å². The van der Waals surface area contributed by atoms with Gasteiger partial charge in [-0.2, -0.15) is 0 Å². The molecule has 0 saturated carbocycles. The van der Waals surface area contributed by atoms with Gasteiger partial charge in [-0.15, -0.1) is 0 Å². The van der Waals surface area contributed by atoms with Crippen molar-refractivity contribution in [3.05, 3.63) is 0 Å². The lowest BCUT2D eigenvalue weighted by atomic mass is 9.97. The summed E-state index contributed by atoms with van der Waals surface area (Å²) in [5.41, 5.74) is 0. The molecule has 2 aliphatic rings. The van der Waals surface area contributed by atoms with Crippen molar-refractivity contribution in [1.29, 1.82) is 0 Å².